The van der Waals surface area contributed by atoms with E-state index in [1.165, 1.54) is 12.1 Å². The highest BCUT2D eigenvalue weighted by Crippen LogP contribution is 2.29. The van der Waals surface area contributed by atoms with Gasteiger partial charge in [-0.3, -0.25) is 4.79 Å². The van der Waals surface area contributed by atoms with Crippen LogP contribution in [0.1, 0.15) is 16.7 Å². The number of halogens is 3. The van der Waals surface area contributed by atoms with E-state index in [2.05, 4.69) is 4.98 Å². The van der Waals surface area contributed by atoms with Crippen LogP contribution in [0, 0.1) is 0 Å². The monoisotopic (exact) mass is 467 g/mol. The number of carbonyl (C=O) groups is 1. The average molecular weight is 467 g/mol. The molecule has 1 amide bonds. The standard InChI is InChI=1S/C26H24F3N3O2/c27-26(28,29)22-9-12-24(30-18-22)31-14-16-32(17-15-31)25(33)13-8-20-6-10-23(11-7-20)34-19-21-4-2-1-3-5-21/h1-13,18H,14-17,19H2/b13-8+. The number of benzene rings is 2. The van der Waals surface area contributed by atoms with Crippen molar-refractivity contribution in [2.75, 3.05) is 31.1 Å². The molecule has 0 spiro atoms. The molecule has 1 fully saturated rings. The predicted molar refractivity (Wildman–Crippen MR) is 124 cm³/mol. The van der Waals surface area contributed by atoms with Crippen LogP contribution in [0.3, 0.4) is 0 Å². The molecule has 1 aromatic heterocycles. The minimum Gasteiger partial charge on any atom is -0.489 e. The summed E-state index contributed by atoms with van der Waals surface area (Å²) in [4.78, 5) is 20.1. The smallest absolute Gasteiger partial charge is 0.417 e. The highest BCUT2D eigenvalue weighted by molar-refractivity contribution is 5.92. The molecule has 5 nitrogen and oxygen atoms in total. The molecule has 0 unspecified atom stereocenters. The Hall–Kier alpha value is -3.81. The van der Waals surface area contributed by atoms with Crippen LogP contribution in [-0.2, 0) is 17.6 Å². The van der Waals surface area contributed by atoms with Gasteiger partial charge in [0.05, 0.1) is 5.56 Å². The molecular formula is C26H24F3N3O2. The van der Waals surface area contributed by atoms with Crippen LogP contribution in [-0.4, -0.2) is 42.0 Å². The topological polar surface area (TPSA) is 45.7 Å². The Morgan fingerprint density at radius 2 is 1.65 bits per heavy atom. The van der Waals surface area contributed by atoms with Crippen LogP contribution in [0.15, 0.2) is 79.0 Å². The summed E-state index contributed by atoms with van der Waals surface area (Å²) < 4.78 is 43.9. The van der Waals surface area contributed by atoms with Gasteiger partial charge in [-0.1, -0.05) is 42.5 Å². The van der Waals surface area contributed by atoms with Crippen molar-refractivity contribution in [3.63, 3.8) is 0 Å². The molecule has 0 aliphatic carbocycles. The molecule has 0 radical (unpaired) electrons. The van der Waals surface area contributed by atoms with Gasteiger partial charge in [-0.2, -0.15) is 13.2 Å². The zero-order valence-corrected chi connectivity index (χ0v) is 18.4. The van der Waals surface area contributed by atoms with Gasteiger partial charge in [0.25, 0.3) is 0 Å². The first-order valence-corrected chi connectivity index (χ1v) is 10.9. The lowest BCUT2D eigenvalue weighted by atomic mass is 10.2. The molecule has 1 aliphatic heterocycles. The van der Waals surface area contributed by atoms with E-state index in [1.807, 2.05) is 59.5 Å². The van der Waals surface area contributed by atoms with Gasteiger partial charge < -0.3 is 14.5 Å². The summed E-state index contributed by atoms with van der Waals surface area (Å²) in [6.07, 6.45) is -0.273. The van der Waals surface area contributed by atoms with Gasteiger partial charge in [-0.15, -0.1) is 0 Å². The number of pyridine rings is 1. The summed E-state index contributed by atoms with van der Waals surface area (Å²) in [5, 5.41) is 0. The molecule has 176 valence electrons. The number of rotatable bonds is 6. The molecule has 0 saturated carbocycles. The van der Waals surface area contributed by atoms with Crippen molar-refractivity contribution in [3.8, 4) is 5.75 Å². The van der Waals surface area contributed by atoms with Crippen molar-refractivity contribution >= 4 is 17.8 Å². The highest BCUT2D eigenvalue weighted by atomic mass is 19.4. The number of ether oxygens (including phenoxy) is 1. The van der Waals surface area contributed by atoms with Gasteiger partial charge in [0.1, 0.15) is 18.2 Å². The Morgan fingerprint density at radius 1 is 0.941 bits per heavy atom. The minimum absolute atomic E-state index is 0.107. The number of anilines is 1. The van der Waals surface area contributed by atoms with E-state index in [4.69, 9.17) is 4.74 Å². The summed E-state index contributed by atoms with van der Waals surface area (Å²) in [5.41, 5.74) is 1.20. The fourth-order valence-corrected chi connectivity index (χ4v) is 3.59. The highest BCUT2D eigenvalue weighted by Gasteiger charge is 2.31. The number of alkyl halides is 3. The van der Waals surface area contributed by atoms with E-state index in [0.29, 0.717) is 38.6 Å². The zero-order valence-electron chi connectivity index (χ0n) is 18.4. The molecule has 0 N–H and O–H groups in total. The second-order valence-electron chi connectivity index (χ2n) is 7.89. The molecule has 2 heterocycles. The van der Waals surface area contributed by atoms with E-state index in [-0.39, 0.29) is 5.91 Å². The minimum atomic E-state index is -4.40. The van der Waals surface area contributed by atoms with Crippen molar-refractivity contribution in [3.05, 3.63) is 95.7 Å². The van der Waals surface area contributed by atoms with Gasteiger partial charge in [-0.05, 0) is 41.5 Å². The van der Waals surface area contributed by atoms with Gasteiger partial charge in [0.2, 0.25) is 5.91 Å². The van der Waals surface area contributed by atoms with Crippen LogP contribution < -0.4 is 9.64 Å². The van der Waals surface area contributed by atoms with Crippen LogP contribution in [0.4, 0.5) is 19.0 Å². The Labute approximate surface area is 196 Å². The fourth-order valence-electron chi connectivity index (χ4n) is 3.59. The third kappa shape index (κ3) is 6.15. The third-order valence-electron chi connectivity index (χ3n) is 5.54. The molecule has 3 aromatic rings. The maximum Gasteiger partial charge on any atom is 0.417 e. The second-order valence-corrected chi connectivity index (χ2v) is 7.89. The summed E-state index contributed by atoms with van der Waals surface area (Å²) in [6, 6.07) is 19.8. The SMILES string of the molecule is O=C(/C=C/c1ccc(OCc2ccccc2)cc1)N1CCN(c2ccc(C(F)(F)F)cn2)CC1. The average Bonchev–Trinajstić information content (AvgIpc) is 2.87. The first kappa shape index (κ1) is 23.4. The number of carbonyl (C=O) groups excluding carboxylic acids is 1. The number of hydrogen-bond donors (Lipinski definition) is 0. The lowest BCUT2D eigenvalue weighted by Gasteiger charge is -2.35. The van der Waals surface area contributed by atoms with Crippen molar-refractivity contribution in [1.29, 1.82) is 0 Å². The van der Waals surface area contributed by atoms with Crippen LogP contribution in [0.5, 0.6) is 5.75 Å². The molecule has 2 aromatic carbocycles. The number of nitrogens with zero attached hydrogens (tertiary/aromatic N) is 3. The van der Waals surface area contributed by atoms with Gasteiger partial charge in [0, 0.05) is 38.5 Å². The normalized spacial score (nSPS) is 14.4. The van der Waals surface area contributed by atoms with E-state index >= 15 is 0 Å². The van der Waals surface area contributed by atoms with E-state index in [0.717, 1.165) is 29.1 Å². The van der Waals surface area contributed by atoms with E-state index in [1.54, 1.807) is 11.0 Å². The Bertz CT molecular complexity index is 1110. The molecule has 1 aliphatic rings. The lowest BCUT2D eigenvalue weighted by molar-refractivity contribution is -0.137. The summed E-state index contributed by atoms with van der Waals surface area (Å²) in [6.45, 7) is 2.44. The number of aromatic nitrogens is 1. The first-order valence-electron chi connectivity index (χ1n) is 10.9. The molecular weight excluding hydrogens is 443 g/mol. The summed E-state index contributed by atoms with van der Waals surface area (Å²) >= 11 is 0. The van der Waals surface area contributed by atoms with E-state index in [9.17, 15) is 18.0 Å². The van der Waals surface area contributed by atoms with Crippen molar-refractivity contribution < 1.29 is 22.7 Å². The van der Waals surface area contributed by atoms with Crippen LogP contribution >= 0.6 is 0 Å². The third-order valence-corrected chi connectivity index (χ3v) is 5.54. The summed E-state index contributed by atoms with van der Waals surface area (Å²) in [5.74, 6) is 1.12. The van der Waals surface area contributed by atoms with Gasteiger partial charge >= 0.3 is 6.18 Å². The quantitative estimate of drug-likeness (QED) is 0.477. The molecule has 1 saturated heterocycles. The van der Waals surface area contributed by atoms with Crippen molar-refractivity contribution in [2.24, 2.45) is 0 Å². The van der Waals surface area contributed by atoms with E-state index < -0.39 is 11.7 Å². The van der Waals surface area contributed by atoms with Crippen LogP contribution in [0.25, 0.3) is 6.08 Å². The molecule has 0 bridgehead atoms. The second kappa shape index (κ2) is 10.4. The Morgan fingerprint density at radius 3 is 2.26 bits per heavy atom. The first-order chi connectivity index (χ1) is 16.4. The van der Waals surface area contributed by atoms with Crippen molar-refractivity contribution in [2.45, 2.75) is 12.8 Å². The maximum absolute atomic E-state index is 12.7. The van der Waals surface area contributed by atoms with Crippen LogP contribution in [0.2, 0.25) is 0 Å². The Kier molecular flexibility index (Phi) is 7.15. The summed E-state index contributed by atoms with van der Waals surface area (Å²) in [7, 11) is 0. The van der Waals surface area contributed by atoms with Crippen molar-refractivity contribution in [1.82, 2.24) is 9.88 Å². The number of piperazine rings is 1. The molecule has 34 heavy (non-hydrogen) atoms. The lowest BCUT2D eigenvalue weighted by Crippen LogP contribution is -2.48. The van der Waals surface area contributed by atoms with Gasteiger partial charge in [-0.25, -0.2) is 4.98 Å². The molecule has 8 heteroatoms. The number of hydrogen-bond acceptors (Lipinski definition) is 4. The predicted octanol–water partition coefficient (Wildman–Crippen LogP) is 5.04. The molecule has 4 rings (SSSR count). The van der Waals surface area contributed by atoms with Gasteiger partial charge in [0.15, 0.2) is 0 Å². The number of amides is 1. The largest absolute Gasteiger partial charge is 0.489 e. The Balaban J connectivity index is 1.25. The molecule has 0 atom stereocenters. The zero-order chi connectivity index (χ0) is 24.0. The maximum atomic E-state index is 12.7. The fraction of sp³-hybridized carbons (Fsp3) is 0.231.